The Hall–Kier alpha value is -2.38. The fourth-order valence-corrected chi connectivity index (χ4v) is 3.54. The molecule has 1 aromatic carbocycles. The molecule has 2 rings (SSSR count). The van der Waals surface area contributed by atoms with Crippen LogP contribution in [0, 0.1) is 6.92 Å². The third kappa shape index (κ3) is 3.52. The molecule has 7 nitrogen and oxygen atoms in total. The molecule has 0 fully saturated rings. The average Bonchev–Trinajstić information content (AvgIpc) is 2.90. The Morgan fingerprint density at radius 1 is 1.00 bits per heavy atom. The van der Waals surface area contributed by atoms with E-state index < -0.39 is 23.3 Å². The Morgan fingerprint density at radius 3 is 2.07 bits per heavy atom. The van der Waals surface area contributed by atoms with E-state index in [0.717, 1.165) is 5.56 Å². The van der Waals surface area contributed by atoms with Crippen molar-refractivity contribution in [3.8, 4) is 5.75 Å². The molecule has 7 heteroatoms. The highest BCUT2D eigenvalue weighted by Gasteiger charge is 2.59. The lowest BCUT2D eigenvalue weighted by Gasteiger charge is -2.34. The lowest BCUT2D eigenvalue weighted by molar-refractivity contribution is -0.232. The molecule has 0 N–H and O–H groups in total. The Bertz CT molecular complexity index is 794. The molecular formula is C21H28O7. The molecule has 0 spiro atoms. The number of carbonyl (C=O) groups is 2. The molecule has 0 aliphatic carbocycles. The molecule has 1 heterocycles. The lowest BCUT2D eigenvalue weighted by Crippen LogP contribution is -2.38. The van der Waals surface area contributed by atoms with Crippen LogP contribution in [0.2, 0.25) is 0 Å². The van der Waals surface area contributed by atoms with Crippen LogP contribution in [0.3, 0.4) is 0 Å². The molecule has 1 aliphatic heterocycles. The Morgan fingerprint density at radius 2 is 1.57 bits per heavy atom. The second-order valence-corrected chi connectivity index (χ2v) is 6.78. The van der Waals surface area contributed by atoms with E-state index in [2.05, 4.69) is 0 Å². The van der Waals surface area contributed by atoms with Gasteiger partial charge in [0, 0.05) is 7.11 Å². The summed E-state index contributed by atoms with van der Waals surface area (Å²) < 4.78 is 28.1. The number of benzene rings is 1. The molecule has 1 aliphatic rings. The van der Waals surface area contributed by atoms with Gasteiger partial charge in [0.15, 0.2) is 0 Å². The minimum atomic E-state index is -1.69. The van der Waals surface area contributed by atoms with Gasteiger partial charge in [-0.05, 0) is 46.2 Å². The number of hydrogen-bond donors (Lipinski definition) is 0. The van der Waals surface area contributed by atoms with Crippen LogP contribution in [0.1, 0.15) is 38.8 Å². The molecule has 0 bridgehead atoms. The van der Waals surface area contributed by atoms with Crippen molar-refractivity contribution in [3.05, 3.63) is 40.5 Å². The van der Waals surface area contributed by atoms with Gasteiger partial charge in [0.25, 0.3) is 0 Å². The highest BCUT2D eigenvalue weighted by molar-refractivity contribution is 6.04. The first kappa shape index (κ1) is 21.9. The predicted molar refractivity (Wildman–Crippen MR) is 102 cm³/mol. The van der Waals surface area contributed by atoms with Crippen LogP contribution in [0.4, 0.5) is 0 Å². The number of carbonyl (C=O) groups excluding carboxylic acids is 2. The van der Waals surface area contributed by atoms with Crippen LogP contribution in [0.15, 0.2) is 29.3 Å². The van der Waals surface area contributed by atoms with Crippen LogP contribution < -0.4 is 4.74 Å². The van der Waals surface area contributed by atoms with Crippen LogP contribution in [0.5, 0.6) is 5.75 Å². The van der Waals surface area contributed by atoms with Crippen LogP contribution in [-0.2, 0) is 34.3 Å². The van der Waals surface area contributed by atoms with Crippen molar-refractivity contribution in [2.45, 2.75) is 46.0 Å². The van der Waals surface area contributed by atoms with Crippen molar-refractivity contribution < 1.29 is 33.3 Å². The molecule has 154 valence electrons. The molecule has 0 radical (unpaired) electrons. The van der Waals surface area contributed by atoms with Gasteiger partial charge in [-0.25, -0.2) is 9.59 Å². The highest BCUT2D eigenvalue weighted by atomic mass is 16.7. The summed E-state index contributed by atoms with van der Waals surface area (Å²) in [4.78, 5) is 25.8. The van der Waals surface area contributed by atoms with Crippen molar-refractivity contribution >= 4 is 11.9 Å². The van der Waals surface area contributed by atoms with Crippen molar-refractivity contribution in [2.75, 3.05) is 27.4 Å². The van der Waals surface area contributed by atoms with Crippen LogP contribution in [-0.4, -0.2) is 45.0 Å². The first-order chi connectivity index (χ1) is 13.2. The summed E-state index contributed by atoms with van der Waals surface area (Å²) >= 11 is 0. The monoisotopic (exact) mass is 392 g/mol. The standard InChI is InChI=1S/C21H28O7/c1-8-26-18(22)15-16(19(23)27-9-2)21(25-7,28-20(15,4)5)14-12-10-11-13(3)17(14)24-6/h10-12H,8-9H2,1-7H3. The average molecular weight is 392 g/mol. The van der Waals surface area contributed by atoms with E-state index in [1.54, 1.807) is 39.8 Å². The largest absolute Gasteiger partial charge is 0.496 e. The molecule has 1 atom stereocenters. The lowest BCUT2D eigenvalue weighted by atomic mass is 9.89. The predicted octanol–water partition coefficient (Wildman–Crippen LogP) is 3.03. The summed E-state index contributed by atoms with van der Waals surface area (Å²) in [5, 5.41) is 0. The molecule has 1 unspecified atom stereocenters. The number of hydrogen-bond acceptors (Lipinski definition) is 7. The van der Waals surface area contributed by atoms with Gasteiger partial charge in [0.2, 0.25) is 5.79 Å². The fourth-order valence-electron chi connectivity index (χ4n) is 3.54. The Kier molecular flexibility index (Phi) is 6.52. The SMILES string of the molecule is CCOC(=O)C1=C(C(=O)OCC)C(OC)(c2cccc(C)c2OC)OC1(C)C. The number of esters is 2. The quantitative estimate of drug-likeness (QED) is 0.660. The van der Waals surface area contributed by atoms with Crippen molar-refractivity contribution in [1.82, 2.24) is 0 Å². The molecule has 0 aromatic heterocycles. The molecule has 1 aromatic rings. The number of methoxy groups -OCH3 is 2. The maximum absolute atomic E-state index is 13.0. The van der Waals surface area contributed by atoms with Gasteiger partial charge in [-0.1, -0.05) is 12.1 Å². The number of rotatable bonds is 7. The normalized spacial score (nSPS) is 20.8. The molecular weight excluding hydrogens is 364 g/mol. The Labute approximate surface area is 165 Å². The summed E-state index contributed by atoms with van der Waals surface area (Å²) in [7, 11) is 2.93. The summed E-state index contributed by atoms with van der Waals surface area (Å²) in [6, 6.07) is 5.40. The summed E-state index contributed by atoms with van der Waals surface area (Å²) in [6.07, 6.45) is 0. The summed E-state index contributed by atoms with van der Waals surface area (Å²) in [6.45, 7) is 8.89. The molecule has 28 heavy (non-hydrogen) atoms. The van der Waals surface area contributed by atoms with Crippen molar-refractivity contribution in [2.24, 2.45) is 0 Å². The van der Waals surface area contributed by atoms with E-state index >= 15 is 0 Å². The van der Waals surface area contributed by atoms with Crippen LogP contribution >= 0.6 is 0 Å². The molecule has 0 saturated carbocycles. The van der Waals surface area contributed by atoms with E-state index in [-0.39, 0.29) is 24.4 Å². The van der Waals surface area contributed by atoms with Crippen molar-refractivity contribution in [1.29, 1.82) is 0 Å². The second kappa shape index (κ2) is 8.32. The molecule has 0 saturated heterocycles. The summed E-state index contributed by atoms with van der Waals surface area (Å²) in [5.41, 5.74) is 0.153. The summed E-state index contributed by atoms with van der Waals surface area (Å²) in [5.74, 6) is -2.55. The maximum Gasteiger partial charge on any atom is 0.340 e. The first-order valence-corrected chi connectivity index (χ1v) is 9.19. The number of aryl methyl sites for hydroxylation is 1. The minimum Gasteiger partial charge on any atom is -0.496 e. The third-order valence-corrected chi connectivity index (χ3v) is 4.60. The van der Waals surface area contributed by atoms with Crippen molar-refractivity contribution in [3.63, 3.8) is 0 Å². The van der Waals surface area contributed by atoms with Gasteiger partial charge in [0.1, 0.15) is 11.3 Å². The molecule has 0 amide bonds. The Balaban J connectivity index is 2.88. The van der Waals surface area contributed by atoms with E-state index in [1.807, 2.05) is 13.0 Å². The smallest absolute Gasteiger partial charge is 0.340 e. The van der Waals surface area contributed by atoms with Gasteiger partial charge in [-0.15, -0.1) is 0 Å². The first-order valence-electron chi connectivity index (χ1n) is 9.19. The zero-order valence-corrected chi connectivity index (χ0v) is 17.5. The fraction of sp³-hybridized carbons (Fsp3) is 0.524. The minimum absolute atomic E-state index is 0.0378. The van der Waals surface area contributed by atoms with E-state index in [9.17, 15) is 9.59 Å². The van der Waals surface area contributed by atoms with Gasteiger partial charge in [-0.3, -0.25) is 0 Å². The highest BCUT2D eigenvalue weighted by Crippen LogP contribution is 2.52. The number of ether oxygens (including phenoxy) is 5. The van der Waals surface area contributed by atoms with Gasteiger partial charge in [-0.2, -0.15) is 0 Å². The zero-order chi connectivity index (χ0) is 21.1. The van der Waals surface area contributed by atoms with E-state index in [4.69, 9.17) is 23.7 Å². The van der Waals surface area contributed by atoms with Gasteiger partial charge >= 0.3 is 11.9 Å². The van der Waals surface area contributed by atoms with Gasteiger partial charge in [0.05, 0.1) is 37.1 Å². The number of para-hydroxylation sites is 1. The van der Waals surface area contributed by atoms with Crippen LogP contribution in [0.25, 0.3) is 0 Å². The van der Waals surface area contributed by atoms with E-state index in [0.29, 0.717) is 11.3 Å². The topological polar surface area (TPSA) is 80.3 Å². The van der Waals surface area contributed by atoms with Gasteiger partial charge < -0.3 is 23.7 Å². The van der Waals surface area contributed by atoms with E-state index in [1.165, 1.54) is 14.2 Å². The zero-order valence-electron chi connectivity index (χ0n) is 17.5. The maximum atomic E-state index is 13.0. The second-order valence-electron chi connectivity index (χ2n) is 6.78. The third-order valence-electron chi connectivity index (χ3n) is 4.60.